The molecule has 0 unspecified atom stereocenters. The van der Waals surface area contributed by atoms with E-state index in [1.807, 2.05) is 0 Å². The van der Waals surface area contributed by atoms with Gasteiger partial charge in [-0.3, -0.25) is 0 Å². The summed E-state index contributed by atoms with van der Waals surface area (Å²) in [4.78, 5) is 5.56. The molecule has 1 aromatic carbocycles. The predicted octanol–water partition coefficient (Wildman–Crippen LogP) is 2.49. The smallest absolute Gasteiger partial charge is 0.184 e. The van der Waals surface area contributed by atoms with Gasteiger partial charge in [-0.25, -0.2) is 13.4 Å². The van der Waals surface area contributed by atoms with Crippen LogP contribution in [0.25, 0.3) is 0 Å². The second kappa shape index (κ2) is 5.27. The topological polar surface area (TPSA) is 67.3 Å². The Bertz CT molecular complexity index is 703. The van der Waals surface area contributed by atoms with Gasteiger partial charge in [0, 0.05) is 5.92 Å². The van der Waals surface area contributed by atoms with Gasteiger partial charge in [-0.15, -0.1) is 11.3 Å². The van der Waals surface area contributed by atoms with E-state index in [9.17, 15) is 13.5 Å². The fourth-order valence-corrected chi connectivity index (χ4v) is 4.78. The Morgan fingerprint density at radius 2 is 1.95 bits per heavy atom. The first-order valence-electron chi connectivity index (χ1n) is 6.47. The van der Waals surface area contributed by atoms with E-state index in [1.165, 1.54) is 11.3 Å². The summed E-state index contributed by atoms with van der Waals surface area (Å²) in [6.45, 7) is -0.0606. The maximum Gasteiger partial charge on any atom is 0.184 e. The van der Waals surface area contributed by atoms with Crippen LogP contribution in [0.2, 0.25) is 0 Å². The Balaban J connectivity index is 1.87. The molecule has 0 aliphatic heterocycles. The molecule has 0 amide bonds. The summed E-state index contributed by atoms with van der Waals surface area (Å²) in [5.74, 6) is 0.322. The average molecular weight is 309 g/mol. The van der Waals surface area contributed by atoms with Crippen molar-refractivity contribution >= 4 is 21.2 Å². The van der Waals surface area contributed by atoms with E-state index in [-0.39, 0.29) is 12.4 Å². The molecule has 1 saturated carbocycles. The normalized spacial score (nSPS) is 15.4. The van der Waals surface area contributed by atoms with Crippen molar-refractivity contribution in [1.29, 1.82) is 0 Å². The lowest BCUT2D eigenvalue weighted by Gasteiger charge is -2.01. The van der Waals surface area contributed by atoms with Gasteiger partial charge >= 0.3 is 0 Å². The van der Waals surface area contributed by atoms with E-state index in [1.54, 1.807) is 30.3 Å². The van der Waals surface area contributed by atoms with Crippen molar-refractivity contribution in [1.82, 2.24) is 4.98 Å². The predicted molar refractivity (Wildman–Crippen MR) is 77.3 cm³/mol. The molecule has 3 rings (SSSR count). The molecule has 106 valence electrons. The van der Waals surface area contributed by atoms with Crippen molar-refractivity contribution in [2.45, 2.75) is 36.0 Å². The summed E-state index contributed by atoms with van der Waals surface area (Å²) in [6, 6.07) is 8.40. The summed E-state index contributed by atoms with van der Waals surface area (Å²) in [5.41, 5.74) is 0.899. The van der Waals surface area contributed by atoms with E-state index in [4.69, 9.17) is 0 Å². The third-order valence-electron chi connectivity index (χ3n) is 3.30. The summed E-state index contributed by atoms with van der Waals surface area (Å²) < 4.78 is 24.6. The number of rotatable bonds is 5. The van der Waals surface area contributed by atoms with Crippen molar-refractivity contribution in [3.63, 3.8) is 0 Å². The molecule has 20 heavy (non-hydrogen) atoms. The van der Waals surface area contributed by atoms with Crippen LogP contribution < -0.4 is 0 Å². The number of sulfone groups is 1. The van der Waals surface area contributed by atoms with Crippen molar-refractivity contribution in [2.24, 2.45) is 0 Å². The zero-order chi connectivity index (χ0) is 14.2. The zero-order valence-corrected chi connectivity index (χ0v) is 12.5. The van der Waals surface area contributed by atoms with Crippen molar-refractivity contribution < 1.29 is 13.5 Å². The SMILES string of the molecule is O=S(=O)(Cc1nc(C2CC2)c(CO)s1)c1ccccc1. The Labute approximate surface area is 122 Å². The molecule has 0 radical (unpaired) electrons. The number of aromatic nitrogens is 1. The van der Waals surface area contributed by atoms with Gasteiger partial charge in [0.1, 0.15) is 10.8 Å². The molecule has 1 aliphatic rings. The number of thiazole rings is 1. The third kappa shape index (κ3) is 2.77. The maximum absolute atomic E-state index is 12.3. The Morgan fingerprint density at radius 3 is 2.55 bits per heavy atom. The molecule has 0 saturated heterocycles. The number of hydrogen-bond acceptors (Lipinski definition) is 5. The number of benzene rings is 1. The second-order valence-corrected chi connectivity index (χ2v) is 8.08. The van der Waals surface area contributed by atoms with Gasteiger partial charge in [0.25, 0.3) is 0 Å². The fourth-order valence-electron chi connectivity index (χ4n) is 2.14. The van der Waals surface area contributed by atoms with E-state index in [0.717, 1.165) is 23.4 Å². The van der Waals surface area contributed by atoms with Gasteiger partial charge in [-0.05, 0) is 25.0 Å². The lowest BCUT2D eigenvalue weighted by atomic mass is 10.2. The summed E-state index contributed by atoms with van der Waals surface area (Å²) in [6.07, 6.45) is 2.17. The first-order chi connectivity index (χ1) is 9.60. The second-order valence-electron chi connectivity index (χ2n) is 4.92. The number of nitrogens with zero attached hydrogens (tertiary/aromatic N) is 1. The monoisotopic (exact) mass is 309 g/mol. The standard InChI is InChI=1S/C14H15NO3S2/c16-8-12-14(10-6-7-10)15-13(19-12)9-20(17,18)11-4-2-1-3-5-11/h1-5,10,16H,6-9H2. The molecule has 4 nitrogen and oxygen atoms in total. The van der Waals surface area contributed by atoms with Crippen LogP contribution in [0.3, 0.4) is 0 Å². The number of aliphatic hydroxyl groups excluding tert-OH is 1. The van der Waals surface area contributed by atoms with Crippen LogP contribution in [-0.2, 0) is 22.2 Å². The largest absolute Gasteiger partial charge is 0.391 e. The molecule has 0 bridgehead atoms. The van der Waals surface area contributed by atoms with Crippen LogP contribution in [0.1, 0.15) is 34.3 Å². The molecular formula is C14H15NO3S2. The third-order valence-corrected chi connectivity index (χ3v) is 6.18. The molecule has 2 aromatic rings. The van der Waals surface area contributed by atoms with Gasteiger partial charge in [0.2, 0.25) is 0 Å². The van der Waals surface area contributed by atoms with Crippen LogP contribution >= 0.6 is 11.3 Å². The molecule has 1 heterocycles. The fraction of sp³-hybridized carbons (Fsp3) is 0.357. The molecule has 0 spiro atoms. The number of aliphatic hydroxyl groups is 1. The van der Waals surface area contributed by atoms with Gasteiger partial charge in [0.15, 0.2) is 9.84 Å². The average Bonchev–Trinajstić information content (AvgIpc) is 3.21. The van der Waals surface area contributed by atoms with Crippen molar-refractivity contribution in [3.8, 4) is 0 Å². The highest BCUT2D eigenvalue weighted by Gasteiger charge is 2.30. The molecule has 1 aromatic heterocycles. The summed E-state index contributed by atoms with van der Waals surface area (Å²) in [5, 5.41) is 9.91. The quantitative estimate of drug-likeness (QED) is 0.921. The van der Waals surface area contributed by atoms with E-state index in [2.05, 4.69) is 4.98 Å². The Morgan fingerprint density at radius 1 is 1.25 bits per heavy atom. The minimum Gasteiger partial charge on any atom is -0.391 e. The van der Waals surface area contributed by atoms with E-state index < -0.39 is 9.84 Å². The first kappa shape index (κ1) is 13.7. The lowest BCUT2D eigenvalue weighted by Crippen LogP contribution is -2.04. The maximum atomic E-state index is 12.3. The molecule has 1 aliphatic carbocycles. The molecular weight excluding hydrogens is 294 g/mol. The minimum absolute atomic E-state index is 0.0606. The van der Waals surface area contributed by atoms with Gasteiger partial charge < -0.3 is 5.11 Å². The van der Waals surface area contributed by atoms with Gasteiger partial charge in [-0.1, -0.05) is 18.2 Å². The molecule has 1 fully saturated rings. The van der Waals surface area contributed by atoms with Crippen molar-refractivity contribution in [2.75, 3.05) is 0 Å². The van der Waals surface area contributed by atoms with E-state index >= 15 is 0 Å². The minimum atomic E-state index is -3.36. The lowest BCUT2D eigenvalue weighted by molar-refractivity contribution is 0.284. The zero-order valence-electron chi connectivity index (χ0n) is 10.8. The highest BCUT2D eigenvalue weighted by Crippen LogP contribution is 2.43. The van der Waals surface area contributed by atoms with Crippen molar-refractivity contribution in [3.05, 3.63) is 45.9 Å². The van der Waals surface area contributed by atoms with E-state index in [0.29, 0.717) is 15.8 Å². The first-order valence-corrected chi connectivity index (χ1v) is 8.94. The van der Waals surface area contributed by atoms with Crippen LogP contribution in [0.4, 0.5) is 0 Å². The van der Waals surface area contributed by atoms with Crippen LogP contribution in [0.5, 0.6) is 0 Å². The molecule has 6 heteroatoms. The summed E-state index contributed by atoms with van der Waals surface area (Å²) in [7, 11) is -3.36. The Kier molecular flexibility index (Phi) is 3.62. The van der Waals surface area contributed by atoms with Crippen LogP contribution in [0.15, 0.2) is 35.2 Å². The Hall–Kier alpha value is -1.24. The highest BCUT2D eigenvalue weighted by atomic mass is 32.2. The molecule has 1 N–H and O–H groups in total. The summed E-state index contributed by atoms with van der Waals surface area (Å²) >= 11 is 1.31. The number of hydrogen-bond donors (Lipinski definition) is 1. The van der Waals surface area contributed by atoms with Gasteiger partial charge in [0.05, 0.1) is 22.1 Å². The van der Waals surface area contributed by atoms with Gasteiger partial charge in [-0.2, -0.15) is 0 Å². The highest BCUT2D eigenvalue weighted by molar-refractivity contribution is 7.90. The van der Waals surface area contributed by atoms with Crippen LogP contribution in [-0.4, -0.2) is 18.5 Å². The van der Waals surface area contributed by atoms with Crippen LogP contribution in [0, 0.1) is 0 Å². The molecule has 0 atom stereocenters.